The predicted molar refractivity (Wildman–Crippen MR) is 79.6 cm³/mol. The average Bonchev–Trinajstić information content (AvgIpc) is 2.27. The maximum absolute atomic E-state index is 11.7. The minimum atomic E-state index is -4.71. The number of ether oxygens (including phenoxy) is 1. The number of alkyl halides is 3. The lowest BCUT2D eigenvalue weighted by molar-refractivity contribution is -0.274. The Morgan fingerprint density at radius 3 is 1.57 bits per heavy atom. The lowest BCUT2D eigenvalue weighted by Crippen LogP contribution is -2.44. The van der Waals surface area contributed by atoms with Gasteiger partial charge in [0.2, 0.25) is 0 Å². The highest BCUT2D eigenvalue weighted by molar-refractivity contribution is 6.40. The van der Waals surface area contributed by atoms with Gasteiger partial charge in [0.05, 0.1) is 11.2 Å². The monoisotopic (exact) mass is 338 g/mol. The maximum atomic E-state index is 11.7. The van der Waals surface area contributed by atoms with Gasteiger partial charge < -0.3 is 25.0 Å². The molecule has 1 aromatic rings. The molecule has 0 aliphatic rings. The van der Waals surface area contributed by atoms with E-state index in [1.807, 2.05) is 0 Å². The third-order valence-corrected chi connectivity index (χ3v) is 3.07. The summed E-state index contributed by atoms with van der Waals surface area (Å²) in [6.07, 6.45) is -4.75. The first-order chi connectivity index (χ1) is 10.1. The first-order valence-electron chi connectivity index (χ1n) is 6.77. The Kier molecular flexibility index (Phi) is 7.56. The molecule has 0 atom stereocenters. The normalized spacial score (nSPS) is 12.3. The molecule has 0 bridgehead atoms. The zero-order valence-electron chi connectivity index (χ0n) is 13.4. The zero-order chi connectivity index (χ0) is 18.5. The van der Waals surface area contributed by atoms with Crippen molar-refractivity contribution in [3.8, 4) is 5.75 Å². The van der Waals surface area contributed by atoms with E-state index in [0.29, 0.717) is 5.56 Å². The highest BCUT2D eigenvalue weighted by Crippen LogP contribution is 2.22. The Morgan fingerprint density at radius 2 is 1.30 bits per heavy atom. The molecule has 9 heteroatoms. The molecule has 0 aliphatic carbocycles. The largest absolute Gasteiger partial charge is 0.573 e. The quantitative estimate of drug-likeness (QED) is 0.627. The molecule has 1 aromatic carbocycles. The van der Waals surface area contributed by atoms with Crippen molar-refractivity contribution in [1.82, 2.24) is 0 Å². The molecule has 0 saturated carbocycles. The van der Waals surface area contributed by atoms with Crippen LogP contribution in [0.25, 0.3) is 0 Å². The van der Waals surface area contributed by atoms with Crippen LogP contribution < -0.4 is 4.74 Å². The van der Waals surface area contributed by atoms with Gasteiger partial charge in [-0.3, -0.25) is 0 Å². The Labute approximate surface area is 133 Å². The molecule has 0 fully saturated rings. The van der Waals surface area contributed by atoms with Gasteiger partial charge in [0.15, 0.2) is 0 Å². The zero-order valence-corrected chi connectivity index (χ0v) is 13.4. The third kappa shape index (κ3) is 10.2. The summed E-state index contributed by atoms with van der Waals surface area (Å²) in [6, 6.07) is 4.90. The summed E-state index contributed by atoms with van der Waals surface area (Å²) in [7, 11) is -1.51. The van der Waals surface area contributed by atoms with E-state index in [9.17, 15) is 13.2 Å². The van der Waals surface area contributed by atoms with E-state index >= 15 is 0 Å². The van der Waals surface area contributed by atoms with Crippen molar-refractivity contribution >= 4 is 7.12 Å². The number of hydrogen-bond acceptors (Lipinski definition) is 5. The van der Waals surface area contributed by atoms with Gasteiger partial charge in [-0.05, 0) is 45.4 Å². The summed E-state index contributed by atoms with van der Waals surface area (Å²) in [5, 5.41) is 35.4. The SMILES string of the molecule is CC(C)(O)C(C)(C)O.OB(O)Cc1ccc(OC(F)(F)F)cc1. The summed E-state index contributed by atoms with van der Waals surface area (Å²) in [4.78, 5) is 0. The molecule has 5 nitrogen and oxygen atoms in total. The Bertz CT molecular complexity index is 449. The molecule has 0 aromatic heterocycles. The summed E-state index contributed by atoms with van der Waals surface area (Å²) in [5.41, 5.74) is -1.50. The second-order valence-electron chi connectivity index (χ2n) is 5.99. The van der Waals surface area contributed by atoms with Crippen molar-refractivity contribution in [2.45, 2.75) is 51.6 Å². The van der Waals surface area contributed by atoms with Gasteiger partial charge in [0.1, 0.15) is 5.75 Å². The second kappa shape index (κ2) is 8.00. The van der Waals surface area contributed by atoms with Crippen LogP contribution in [0.1, 0.15) is 33.3 Å². The van der Waals surface area contributed by atoms with E-state index in [4.69, 9.17) is 20.3 Å². The highest BCUT2D eigenvalue weighted by Gasteiger charge is 2.32. The minimum Gasteiger partial charge on any atom is -0.427 e. The number of aliphatic hydroxyl groups is 2. The number of rotatable bonds is 4. The highest BCUT2D eigenvalue weighted by atomic mass is 19.4. The third-order valence-electron chi connectivity index (χ3n) is 3.07. The van der Waals surface area contributed by atoms with E-state index in [1.165, 1.54) is 12.1 Å². The van der Waals surface area contributed by atoms with Crippen LogP contribution in [-0.2, 0) is 6.32 Å². The number of hydrogen-bond donors (Lipinski definition) is 4. The van der Waals surface area contributed by atoms with E-state index in [1.54, 1.807) is 27.7 Å². The van der Waals surface area contributed by atoms with Crippen LogP contribution in [0.5, 0.6) is 5.75 Å². The Morgan fingerprint density at radius 1 is 0.913 bits per heavy atom. The fraction of sp³-hybridized carbons (Fsp3) is 0.571. The minimum absolute atomic E-state index is 0.0354. The van der Waals surface area contributed by atoms with Crippen molar-refractivity contribution in [2.24, 2.45) is 0 Å². The van der Waals surface area contributed by atoms with E-state index in [-0.39, 0.29) is 12.1 Å². The van der Waals surface area contributed by atoms with Gasteiger partial charge in [-0.25, -0.2) is 0 Å². The van der Waals surface area contributed by atoms with Gasteiger partial charge in [0.25, 0.3) is 0 Å². The average molecular weight is 338 g/mol. The topological polar surface area (TPSA) is 90.2 Å². The second-order valence-corrected chi connectivity index (χ2v) is 5.99. The summed E-state index contributed by atoms with van der Waals surface area (Å²) < 4.78 is 38.9. The van der Waals surface area contributed by atoms with E-state index in [0.717, 1.165) is 12.1 Å². The van der Waals surface area contributed by atoms with Gasteiger partial charge >= 0.3 is 13.5 Å². The fourth-order valence-corrected chi connectivity index (χ4v) is 1.04. The van der Waals surface area contributed by atoms with Crippen LogP contribution in [0.2, 0.25) is 0 Å². The van der Waals surface area contributed by atoms with Crippen LogP contribution in [0.3, 0.4) is 0 Å². The lowest BCUT2D eigenvalue weighted by atomic mass is 9.82. The predicted octanol–water partition coefficient (Wildman–Crippen LogP) is 1.67. The molecule has 23 heavy (non-hydrogen) atoms. The summed E-state index contributed by atoms with van der Waals surface area (Å²) in [5.74, 6) is -0.335. The van der Waals surface area contributed by atoms with Gasteiger partial charge in [-0.2, -0.15) is 0 Å². The molecule has 0 heterocycles. The molecule has 4 N–H and O–H groups in total. The summed E-state index contributed by atoms with van der Waals surface area (Å²) in [6.45, 7) is 6.31. The van der Waals surface area contributed by atoms with Crippen LogP contribution in [0, 0.1) is 0 Å². The maximum Gasteiger partial charge on any atom is 0.573 e. The molecule has 0 saturated heterocycles. The lowest BCUT2D eigenvalue weighted by Gasteiger charge is -2.31. The standard InChI is InChI=1S/C8H8BF3O3.C6H14O2/c10-8(11,12)15-7-3-1-6(2-4-7)5-9(13)14;1-5(2,7)6(3,4)8/h1-4,13-14H,5H2;7-8H,1-4H3. The van der Waals surface area contributed by atoms with E-state index in [2.05, 4.69) is 4.74 Å². The van der Waals surface area contributed by atoms with E-state index < -0.39 is 24.7 Å². The van der Waals surface area contributed by atoms with Crippen molar-refractivity contribution in [3.63, 3.8) is 0 Å². The molecule has 132 valence electrons. The van der Waals surface area contributed by atoms with Gasteiger partial charge in [0, 0.05) is 6.32 Å². The molecule has 0 spiro atoms. The molecule has 0 amide bonds. The van der Waals surface area contributed by atoms with Gasteiger partial charge in [-0.1, -0.05) is 12.1 Å². The fourth-order valence-electron chi connectivity index (χ4n) is 1.04. The first-order valence-corrected chi connectivity index (χ1v) is 6.77. The molecular formula is C14H22BF3O5. The van der Waals surface area contributed by atoms with Gasteiger partial charge in [-0.15, -0.1) is 13.2 Å². The number of halogens is 3. The van der Waals surface area contributed by atoms with Crippen LogP contribution >= 0.6 is 0 Å². The van der Waals surface area contributed by atoms with Crippen molar-refractivity contribution in [2.75, 3.05) is 0 Å². The first kappa shape index (κ1) is 21.7. The molecular weight excluding hydrogens is 316 g/mol. The van der Waals surface area contributed by atoms with Crippen LogP contribution in [-0.4, -0.2) is 44.9 Å². The van der Waals surface area contributed by atoms with Crippen LogP contribution in [0.4, 0.5) is 13.2 Å². The molecule has 1 rings (SSSR count). The van der Waals surface area contributed by atoms with Crippen molar-refractivity contribution in [1.29, 1.82) is 0 Å². The number of benzene rings is 1. The Hall–Kier alpha value is -1.29. The van der Waals surface area contributed by atoms with Crippen molar-refractivity contribution in [3.05, 3.63) is 29.8 Å². The van der Waals surface area contributed by atoms with Crippen molar-refractivity contribution < 1.29 is 38.2 Å². The Balaban J connectivity index is 0.000000515. The molecule has 0 aliphatic heterocycles. The molecule has 0 radical (unpaired) electrons. The molecule has 0 unspecified atom stereocenters. The summed E-state index contributed by atoms with van der Waals surface area (Å²) >= 11 is 0. The van der Waals surface area contributed by atoms with Crippen LogP contribution in [0.15, 0.2) is 24.3 Å². The smallest absolute Gasteiger partial charge is 0.427 e.